The van der Waals surface area contributed by atoms with E-state index in [1.165, 1.54) is 12.1 Å². The van der Waals surface area contributed by atoms with Gasteiger partial charge in [0.25, 0.3) is 0 Å². The van der Waals surface area contributed by atoms with Crippen LogP contribution in [0.3, 0.4) is 0 Å². The summed E-state index contributed by atoms with van der Waals surface area (Å²) >= 11 is 0. The third-order valence-corrected chi connectivity index (χ3v) is 5.53. The molecule has 5 N–H and O–H groups in total. The Morgan fingerprint density at radius 2 is 1.71 bits per heavy atom. The lowest BCUT2D eigenvalue weighted by molar-refractivity contribution is -0.130. The molecule has 0 radical (unpaired) electrons. The molecule has 0 bridgehead atoms. The summed E-state index contributed by atoms with van der Waals surface area (Å²) < 4.78 is 39.3. The lowest BCUT2D eigenvalue weighted by atomic mass is 10.0. The van der Waals surface area contributed by atoms with E-state index in [1.807, 2.05) is 30.3 Å². The molecule has 7 nitrogen and oxygen atoms in total. The van der Waals surface area contributed by atoms with Gasteiger partial charge in [0.05, 0.1) is 4.90 Å². The first-order valence-electron chi connectivity index (χ1n) is 8.80. The Morgan fingerprint density at radius 1 is 1.07 bits per heavy atom. The highest BCUT2D eigenvalue weighted by atomic mass is 32.2. The number of sulfonamides is 1. The standard InChI is InChI=1S/C19H24FN3O4S/c20-15-7-9-16(10-8-15)28(26,27)23-12-4-11-22-19(25)18(24)17(21)13-14-5-2-1-3-6-14/h1-3,5-10,17-18,23-24H,4,11-13,21H2,(H,22,25). The Bertz CT molecular complexity index is 861. The van der Waals surface area contributed by atoms with Crippen molar-refractivity contribution in [1.29, 1.82) is 0 Å². The number of halogens is 1. The minimum atomic E-state index is -3.74. The Balaban J connectivity index is 1.70. The van der Waals surface area contributed by atoms with Gasteiger partial charge in [0.2, 0.25) is 15.9 Å². The summed E-state index contributed by atoms with van der Waals surface area (Å²) in [7, 11) is -3.74. The summed E-state index contributed by atoms with van der Waals surface area (Å²) in [6, 6.07) is 13.0. The maximum atomic E-state index is 12.9. The molecule has 0 fully saturated rings. The van der Waals surface area contributed by atoms with E-state index in [4.69, 9.17) is 5.73 Å². The monoisotopic (exact) mass is 409 g/mol. The van der Waals surface area contributed by atoms with Crippen molar-refractivity contribution in [2.45, 2.75) is 29.9 Å². The zero-order valence-electron chi connectivity index (χ0n) is 15.2. The fraction of sp³-hybridized carbons (Fsp3) is 0.316. The first-order valence-corrected chi connectivity index (χ1v) is 10.3. The Hall–Kier alpha value is -2.33. The first-order chi connectivity index (χ1) is 13.3. The van der Waals surface area contributed by atoms with Gasteiger partial charge in [0.15, 0.2) is 0 Å². The van der Waals surface area contributed by atoms with E-state index in [1.54, 1.807) is 0 Å². The minimum absolute atomic E-state index is 0.0414. The van der Waals surface area contributed by atoms with E-state index >= 15 is 0 Å². The number of aliphatic hydroxyl groups excluding tert-OH is 1. The Kier molecular flexibility index (Phi) is 8.06. The highest BCUT2D eigenvalue weighted by Gasteiger charge is 2.22. The zero-order valence-corrected chi connectivity index (χ0v) is 16.0. The maximum Gasteiger partial charge on any atom is 0.250 e. The molecule has 0 spiro atoms. The van der Waals surface area contributed by atoms with Crippen LogP contribution in [0.1, 0.15) is 12.0 Å². The van der Waals surface area contributed by atoms with Gasteiger partial charge in [-0.15, -0.1) is 0 Å². The van der Waals surface area contributed by atoms with Gasteiger partial charge in [-0.3, -0.25) is 4.79 Å². The van der Waals surface area contributed by atoms with Crippen molar-refractivity contribution < 1.29 is 22.7 Å². The number of hydrogen-bond acceptors (Lipinski definition) is 5. The highest BCUT2D eigenvalue weighted by Crippen LogP contribution is 2.09. The van der Waals surface area contributed by atoms with E-state index in [0.717, 1.165) is 17.7 Å². The van der Waals surface area contributed by atoms with Gasteiger partial charge < -0.3 is 16.2 Å². The number of carbonyl (C=O) groups is 1. The van der Waals surface area contributed by atoms with Crippen LogP contribution in [0, 0.1) is 5.82 Å². The molecule has 152 valence electrons. The van der Waals surface area contributed by atoms with Crippen molar-refractivity contribution in [2.24, 2.45) is 5.73 Å². The second-order valence-electron chi connectivity index (χ2n) is 6.29. The second kappa shape index (κ2) is 10.3. The number of amides is 1. The van der Waals surface area contributed by atoms with Crippen LogP contribution in [-0.2, 0) is 21.2 Å². The molecular formula is C19H24FN3O4S. The van der Waals surface area contributed by atoms with E-state index in [0.29, 0.717) is 12.8 Å². The van der Waals surface area contributed by atoms with Crippen molar-refractivity contribution in [3.8, 4) is 0 Å². The summed E-state index contributed by atoms with van der Waals surface area (Å²) in [6.07, 6.45) is -0.698. The predicted octanol–water partition coefficient (Wildman–Crippen LogP) is 0.541. The number of benzene rings is 2. The van der Waals surface area contributed by atoms with Crippen LogP contribution >= 0.6 is 0 Å². The van der Waals surface area contributed by atoms with Crippen molar-refractivity contribution in [1.82, 2.24) is 10.0 Å². The molecule has 2 rings (SSSR count). The average Bonchev–Trinajstić information content (AvgIpc) is 2.68. The highest BCUT2D eigenvalue weighted by molar-refractivity contribution is 7.89. The van der Waals surface area contributed by atoms with Crippen LogP contribution in [0.15, 0.2) is 59.5 Å². The molecule has 0 aromatic heterocycles. The van der Waals surface area contributed by atoms with Crippen molar-refractivity contribution in [3.05, 3.63) is 66.0 Å². The van der Waals surface area contributed by atoms with E-state index in [2.05, 4.69) is 10.0 Å². The van der Waals surface area contributed by atoms with Crippen LogP contribution in [-0.4, -0.2) is 44.7 Å². The lowest BCUT2D eigenvalue weighted by Gasteiger charge is -2.18. The number of hydrogen-bond donors (Lipinski definition) is 4. The molecule has 0 aliphatic carbocycles. The van der Waals surface area contributed by atoms with Crippen molar-refractivity contribution >= 4 is 15.9 Å². The predicted molar refractivity (Wildman–Crippen MR) is 103 cm³/mol. The number of carbonyl (C=O) groups excluding carboxylic acids is 1. The molecule has 9 heteroatoms. The van der Waals surface area contributed by atoms with Gasteiger partial charge in [-0.05, 0) is 42.7 Å². The van der Waals surface area contributed by atoms with Gasteiger partial charge in [0, 0.05) is 19.1 Å². The second-order valence-corrected chi connectivity index (χ2v) is 8.06. The quantitative estimate of drug-likeness (QED) is 0.427. The van der Waals surface area contributed by atoms with Crippen LogP contribution in [0.4, 0.5) is 4.39 Å². The van der Waals surface area contributed by atoms with Crippen LogP contribution in [0.2, 0.25) is 0 Å². The number of rotatable bonds is 10. The van der Waals surface area contributed by atoms with E-state index in [9.17, 15) is 22.7 Å². The first kappa shape index (κ1) is 22.0. The zero-order chi connectivity index (χ0) is 20.6. The molecule has 2 unspecified atom stereocenters. The molecule has 0 saturated carbocycles. The summed E-state index contributed by atoms with van der Waals surface area (Å²) in [4.78, 5) is 11.9. The average molecular weight is 409 g/mol. The molecular weight excluding hydrogens is 385 g/mol. The summed E-state index contributed by atoms with van der Waals surface area (Å²) in [5.41, 5.74) is 6.80. The third kappa shape index (κ3) is 6.68. The molecule has 0 heterocycles. The van der Waals surface area contributed by atoms with Gasteiger partial charge >= 0.3 is 0 Å². The molecule has 1 amide bonds. The third-order valence-electron chi connectivity index (χ3n) is 4.06. The van der Waals surface area contributed by atoms with Gasteiger partial charge in [-0.2, -0.15) is 0 Å². The van der Waals surface area contributed by atoms with Gasteiger partial charge in [-0.25, -0.2) is 17.5 Å². The summed E-state index contributed by atoms with van der Waals surface area (Å²) in [5, 5.41) is 12.6. The number of aliphatic hydroxyl groups is 1. The Morgan fingerprint density at radius 3 is 2.36 bits per heavy atom. The van der Waals surface area contributed by atoms with Crippen LogP contribution in [0.5, 0.6) is 0 Å². The molecule has 0 saturated heterocycles. The normalized spacial score (nSPS) is 13.7. The lowest BCUT2D eigenvalue weighted by Crippen LogP contribution is -2.47. The van der Waals surface area contributed by atoms with Crippen LogP contribution < -0.4 is 15.8 Å². The van der Waals surface area contributed by atoms with Gasteiger partial charge in [-0.1, -0.05) is 30.3 Å². The van der Waals surface area contributed by atoms with Crippen molar-refractivity contribution in [3.63, 3.8) is 0 Å². The molecule has 2 aromatic carbocycles. The topological polar surface area (TPSA) is 122 Å². The fourth-order valence-electron chi connectivity index (χ4n) is 2.50. The largest absolute Gasteiger partial charge is 0.382 e. The Labute approximate surface area is 163 Å². The minimum Gasteiger partial charge on any atom is -0.382 e. The molecule has 2 atom stereocenters. The molecule has 28 heavy (non-hydrogen) atoms. The SMILES string of the molecule is NC(Cc1ccccc1)C(O)C(=O)NCCCNS(=O)(=O)c1ccc(F)cc1. The van der Waals surface area contributed by atoms with Crippen LogP contribution in [0.25, 0.3) is 0 Å². The van der Waals surface area contributed by atoms with Crippen molar-refractivity contribution in [2.75, 3.05) is 13.1 Å². The summed E-state index contributed by atoms with van der Waals surface area (Å²) in [6.45, 7) is 0.242. The van der Waals surface area contributed by atoms with E-state index in [-0.39, 0.29) is 18.0 Å². The smallest absolute Gasteiger partial charge is 0.250 e. The fourth-order valence-corrected chi connectivity index (χ4v) is 3.57. The maximum absolute atomic E-state index is 12.9. The summed E-state index contributed by atoms with van der Waals surface area (Å²) in [5.74, 6) is -1.13. The number of nitrogens with two attached hydrogens (primary N) is 1. The molecule has 2 aromatic rings. The number of nitrogens with one attached hydrogen (secondary N) is 2. The van der Waals surface area contributed by atoms with E-state index < -0.39 is 33.9 Å². The van der Waals surface area contributed by atoms with Gasteiger partial charge in [0.1, 0.15) is 11.9 Å². The molecule has 0 aliphatic heterocycles. The molecule has 0 aliphatic rings.